The Hall–Kier alpha value is -2.29. The summed E-state index contributed by atoms with van der Waals surface area (Å²) in [5.41, 5.74) is 2.62. The number of ether oxygens (including phenoxy) is 1. The van der Waals surface area contributed by atoms with Crippen LogP contribution in [0.4, 0.5) is 0 Å². The molecule has 1 heterocycles. The van der Waals surface area contributed by atoms with Crippen LogP contribution < -0.4 is 10.1 Å². The SMILES string of the molecule is COc1ccc(C)cc1-n1nnnc1SCC(=O)NC(C)c1ccc(Cl)c(Cl)c1. The molecule has 0 aliphatic carbocycles. The van der Waals surface area contributed by atoms with E-state index in [1.54, 1.807) is 23.9 Å². The van der Waals surface area contributed by atoms with Gasteiger partial charge in [-0.3, -0.25) is 4.79 Å². The highest BCUT2D eigenvalue weighted by atomic mass is 35.5. The van der Waals surface area contributed by atoms with Gasteiger partial charge in [0, 0.05) is 0 Å². The highest BCUT2D eigenvalue weighted by Crippen LogP contribution is 2.28. The van der Waals surface area contributed by atoms with Gasteiger partial charge in [0.1, 0.15) is 11.4 Å². The summed E-state index contributed by atoms with van der Waals surface area (Å²) in [5.74, 6) is 0.641. The number of aryl methyl sites for hydroxylation is 1. The number of thioether (sulfide) groups is 1. The van der Waals surface area contributed by atoms with Crippen molar-refractivity contribution in [3.8, 4) is 11.4 Å². The zero-order chi connectivity index (χ0) is 21.0. The van der Waals surface area contributed by atoms with E-state index >= 15 is 0 Å². The van der Waals surface area contributed by atoms with E-state index in [2.05, 4.69) is 20.8 Å². The largest absolute Gasteiger partial charge is 0.494 e. The van der Waals surface area contributed by atoms with E-state index in [1.165, 1.54) is 11.8 Å². The predicted molar refractivity (Wildman–Crippen MR) is 114 cm³/mol. The maximum Gasteiger partial charge on any atom is 0.230 e. The molecule has 7 nitrogen and oxygen atoms in total. The summed E-state index contributed by atoms with van der Waals surface area (Å²) >= 11 is 13.2. The monoisotopic (exact) mass is 451 g/mol. The van der Waals surface area contributed by atoms with E-state index < -0.39 is 0 Å². The Morgan fingerprint density at radius 2 is 2.03 bits per heavy atom. The Morgan fingerprint density at radius 3 is 2.76 bits per heavy atom. The van der Waals surface area contributed by atoms with Crippen molar-refractivity contribution in [2.75, 3.05) is 12.9 Å². The Balaban J connectivity index is 1.67. The van der Waals surface area contributed by atoms with Crippen molar-refractivity contribution in [1.29, 1.82) is 0 Å². The second-order valence-electron chi connectivity index (χ2n) is 6.30. The molecule has 0 aliphatic rings. The van der Waals surface area contributed by atoms with Gasteiger partial charge in [-0.1, -0.05) is 47.1 Å². The maximum atomic E-state index is 12.4. The lowest BCUT2D eigenvalue weighted by molar-refractivity contribution is -0.119. The molecular weight excluding hydrogens is 433 g/mol. The van der Waals surface area contributed by atoms with Crippen molar-refractivity contribution in [1.82, 2.24) is 25.5 Å². The summed E-state index contributed by atoms with van der Waals surface area (Å²) in [6.45, 7) is 3.85. The normalized spacial score (nSPS) is 11.9. The predicted octanol–water partition coefficient (Wildman–Crippen LogP) is 4.26. The summed E-state index contributed by atoms with van der Waals surface area (Å²) in [4.78, 5) is 12.4. The highest BCUT2D eigenvalue weighted by Gasteiger charge is 2.16. The number of halogens is 2. The topological polar surface area (TPSA) is 81.9 Å². The first kappa shape index (κ1) is 21.4. The number of benzene rings is 2. The number of methoxy groups -OCH3 is 1. The van der Waals surface area contributed by atoms with Crippen molar-refractivity contribution in [2.24, 2.45) is 0 Å². The number of hydrogen-bond acceptors (Lipinski definition) is 6. The van der Waals surface area contributed by atoms with Crippen molar-refractivity contribution in [3.63, 3.8) is 0 Å². The number of hydrogen-bond donors (Lipinski definition) is 1. The molecule has 0 saturated heterocycles. The van der Waals surface area contributed by atoms with Crippen LogP contribution in [-0.4, -0.2) is 39.0 Å². The van der Waals surface area contributed by atoms with Crippen LogP contribution in [0.3, 0.4) is 0 Å². The second kappa shape index (κ2) is 9.47. The quantitative estimate of drug-likeness (QED) is 0.540. The molecule has 1 amide bonds. The molecule has 0 radical (unpaired) electrons. The summed E-state index contributed by atoms with van der Waals surface area (Å²) in [6.07, 6.45) is 0. The number of nitrogens with zero attached hydrogens (tertiary/aromatic N) is 4. The van der Waals surface area contributed by atoms with E-state index in [1.807, 2.05) is 38.1 Å². The lowest BCUT2D eigenvalue weighted by atomic mass is 10.1. The lowest BCUT2D eigenvalue weighted by Crippen LogP contribution is -2.28. The molecule has 0 bridgehead atoms. The number of carbonyl (C=O) groups excluding carboxylic acids is 1. The third-order valence-electron chi connectivity index (χ3n) is 4.16. The molecule has 1 aromatic heterocycles. The number of amides is 1. The van der Waals surface area contributed by atoms with Crippen molar-refractivity contribution in [3.05, 3.63) is 57.6 Å². The maximum absolute atomic E-state index is 12.4. The van der Waals surface area contributed by atoms with Crippen molar-refractivity contribution >= 4 is 40.9 Å². The minimum absolute atomic E-state index is 0.153. The van der Waals surface area contributed by atoms with Gasteiger partial charge in [-0.05, 0) is 59.7 Å². The molecular formula is C19H19Cl2N5O2S. The van der Waals surface area contributed by atoms with Crippen molar-refractivity contribution in [2.45, 2.75) is 25.0 Å². The molecule has 29 heavy (non-hydrogen) atoms. The number of tetrazole rings is 1. The fraction of sp³-hybridized carbons (Fsp3) is 0.263. The molecule has 1 atom stereocenters. The molecule has 0 saturated carbocycles. The number of aromatic nitrogens is 4. The zero-order valence-corrected chi connectivity index (χ0v) is 18.3. The van der Waals surface area contributed by atoms with Crippen LogP contribution in [0.15, 0.2) is 41.6 Å². The summed E-state index contributed by atoms with van der Waals surface area (Å²) < 4.78 is 6.96. The average Bonchev–Trinajstić information content (AvgIpc) is 3.16. The first-order chi connectivity index (χ1) is 13.9. The van der Waals surface area contributed by atoms with Crippen LogP contribution in [0.25, 0.3) is 5.69 Å². The van der Waals surface area contributed by atoms with E-state index in [0.717, 1.165) is 11.1 Å². The van der Waals surface area contributed by atoms with E-state index in [0.29, 0.717) is 26.6 Å². The van der Waals surface area contributed by atoms with Crippen LogP contribution in [0, 0.1) is 6.92 Å². The summed E-state index contributed by atoms with van der Waals surface area (Å²) in [6, 6.07) is 10.8. The van der Waals surface area contributed by atoms with Gasteiger partial charge in [-0.15, -0.1) is 5.10 Å². The zero-order valence-electron chi connectivity index (χ0n) is 16.0. The van der Waals surface area contributed by atoms with Gasteiger partial charge < -0.3 is 10.1 Å². The standard InChI is InChI=1S/C19H19Cl2N5O2S/c1-11-4-7-17(28-3)16(8-11)26-19(23-24-25-26)29-10-18(27)22-12(2)13-5-6-14(20)15(21)9-13/h4-9,12H,10H2,1-3H3,(H,22,27). The smallest absolute Gasteiger partial charge is 0.230 e. The molecule has 1 unspecified atom stereocenters. The minimum Gasteiger partial charge on any atom is -0.494 e. The second-order valence-corrected chi connectivity index (χ2v) is 8.06. The molecule has 2 aromatic carbocycles. The molecule has 0 fully saturated rings. The first-order valence-electron chi connectivity index (χ1n) is 8.69. The lowest BCUT2D eigenvalue weighted by Gasteiger charge is -2.15. The van der Waals surface area contributed by atoms with Gasteiger partial charge in [0.25, 0.3) is 0 Å². The average molecular weight is 452 g/mol. The van der Waals surface area contributed by atoms with Crippen LogP contribution in [0.5, 0.6) is 5.75 Å². The van der Waals surface area contributed by atoms with E-state index in [9.17, 15) is 4.79 Å². The third-order valence-corrected chi connectivity index (χ3v) is 5.82. The summed E-state index contributed by atoms with van der Waals surface area (Å²) in [7, 11) is 1.59. The Labute approximate surface area is 182 Å². The molecule has 0 spiro atoms. The van der Waals surface area contributed by atoms with Gasteiger partial charge in [-0.2, -0.15) is 4.68 Å². The van der Waals surface area contributed by atoms with E-state index in [-0.39, 0.29) is 17.7 Å². The first-order valence-corrected chi connectivity index (χ1v) is 10.4. The summed E-state index contributed by atoms with van der Waals surface area (Å²) in [5, 5.41) is 16.1. The Morgan fingerprint density at radius 1 is 1.24 bits per heavy atom. The van der Waals surface area contributed by atoms with Crippen LogP contribution in [-0.2, 0) is 4.79 Å². The Kier molecular flexibility index (Phi) is 7.00. The van der Waals surface area contributed by atoms with Gasteiger partial charge in [0.05, 0.1) is 28.9 Å². The van der Waals surface area contributed by atoms with Crippen LogP contribution in [0.1, 0.15) is 24.1 Å². The van der Waals surface area contributed by atoms with Gasteiger partial charge in [0.15, 0.2) is 0 Å². The fourth-order valence-electron chi connectivity index (χ4n) is 2.66. The highest BCUT2D eigenvalue weighted by molar-refractivity contribution is 7.99. The molecule has 10 heteroatoms. The fourth-order valence-corrected chi connectivity index (χ4v) is 3.67. The molecule has 1 N–H and O–H groups in total. The molecule has 0 aliphatic heterocycles. The number of carbonyl (C=O) groups is 1. The van der Waals surface area contributed by atoms with Crippen LogP contribution >= 0.6 is 35.0 Å². The Bertz CT molecular complexity index is 1030. The van der Waals surface area contributed by atoms with Crippen molar-refractivity contribution < 1.29 is 9.53 Å². The van der Waals surface area contributed by atoms with Crippen LogP contribution in [0.2, 0.25) is 10.0 Å². The molecule has 3 aromatic rings. The molecule has 3 rings (SSSR count). The van der Waals surface area contributed by atoms with E-state index in [4.69, 9.17) is 27.9 Å². The van der Waals surface area contributed by atoms with Gasteiger partial charge >= 0.3 is 0 Å². The third kappa shape index (κ3) is 5.20. The molecule has 152 valence electrons. The minimum atomic E-state index is -0.217. The number of rotatable bonds is 7. The van der Waals surface area contributed by atoms with Gasteiger partial charge in [-0.25, -0.2) is 0 Å². The number of nitrogens with one attached hydrogen (secondary N) is 1. The van der Waals surface area contributed by atoms with Gasteiger partial charge in [0.2, 0.25) is 11.1 Å².